The van der Waals surface area contributed by atoms with E-state index in [1.807, 2.05) is 19.9 Å². The molecule has 0 fully saturated rings. The van der Waals surface area contributed by atoms with Gasteiger partial charge >= 0.3 is 12.1 Å². The van der Waals surface area contributed by atoms with E-state index < -0.39 is 17.8 Å². The van der Waals surface area contributed by atoms with Crippen molar-refractivity contribution in [2.24, 2.45) is 0 Å². The Balaban J connectivity index is 1.72. The molecule has 0 bridgehead atoms. The first-order valence-electron chi connectivity index (χ1n) is 9.84. The minimum absolute atomic E-state index is 0.0205. The first-order valence-corrected chi connectivity index (χ1v) is 9.84. The van der Waals surface area contributed by atoms with E-state index in [1.165, 1.54) is 13.0 Å². The Morgan fingerprint density at radius 3 is 2.39 bits per heavy atom. The molecule has 0 saturated carbocycles. The van der Waals surface area contributed by atoms with Gasteiger partial charge in [0.25, 0.3) is 0 Å². The summed E-state index contributed by atoms with van der Waals surface area (Å²) in [5, 5.41) is 0. The van der Waals surface area contributed by atoms with Gasteiger partial charge in [0, 0.05) is 24.8 Å². The molecule has 1 heterocycles. The molecule has 0 amide bonds. The number of halogens is 3. The highest BCUT2D eigenvalue weighted by Crippen LogP contribution is 2.34. The molecule has 0 N–H and O–H groups in total. The van der Waals surface area contributed by atoms with E-state index in [1.54, 1.807) is 30.3 Å². The quantitative estimate of drug-likeness (QED) is 0.274. The Morgan fingerprint density at radius 2 is 1.73 bits per heavy atom. The molecule has 0 unspecified atom stereocenters. The van der Waals surface area contributed by atoms with Crippen molar-refractivity contribution in [1.29, 1.82) is 0 Å². The third-order valence-corrected chi connectivity index (χ3v) is 4.20. The lowest BCUT2D eigenvalue weighted by Gasteiger charge is -2.13. The van der Waals surface area contributed by atoms with E-state index in [2.05, 4.69) is 16.8 Å². The summed E-state index contributed by atoms with van der Waals surface area (Å²) in [4.78, 5) is 14.6. The number of esters is 1. The Labute approximate surface area is 189 Å². The molecule has 5 nitrogen and oxygen atoms in total. The van der Waals surface area contributed by atoms with Gasteiger partial charge in [-0.1, -0.05) is 17.9 Å². The van der Waals surface area contributed by atoms with Crippen molar-refractivity contribution in [1.82, 2.24) is 4.98 Å². The third-order valence-electron chi connectivity index (χ3n) is 4.20. The van der Waals surface area contributed by atoms with Crippen LogP contribution in [-0.4, -0.2) is 17.6 Å². The number of ether oxygens (including phenoxy) is 3. The molecule has 8 heteroatoms. The van der Waals surface area contributed by atoms with Crippen molar-refractivity contribution in [3.8, 4) is 34.8 Å². The number of hydrogen-bond acceptors (Lipinski definition) is 5. The zero-order valence-electron chi connectivity index (χ0n) is 18.1. The summed E-state index contributed by atoms with van der Waals surface area (Å²) in [5.41, 5.74) is 1.14. The molecule has 0 aliphatic rings. The maximum Gasteiger partial charge on any atom is 0.433 e. The van der Waals surface area contributed by atoms with E-state index in [-0.39, 0.29) is 6.61 Å². The fourth-order valence-corrected chi connectivity index (χ4v) is 2.82. The van der Waals surface area contributed by atoms with Crippen LogP contribution in [0.15, 0.2) is 54.7 Å². The average Bonchev–Trinajstić information content (AvgIpc) is 2.72. The number of pyridine rings is 1. The smallest absolute Gasteiger partial charge is 0.433 e. The summed E-state index contributed by atoms with van der Waals surface area (Å²) in [5.74, 6) is 6.72. The fourth-order valence-electron chi connectivity index (χ4n) is 2.82. The maximum absolute atomic E-state index is 12.6. The second kappa shape index (κ2) is 10.1. The molecule has 0 saturated heterocycles. The van der Waals surface area contributed by atoms with E-state index in [4.69, 9.17) is 14.2 Å². The van der Waals surface area contributed by atoms with Gasteiger partial charge in [-0.3, -0.25) is 9.78 Å². The predicted octanol–water partition coefficient (Wildman–Crippen LogP) is 5.87. The van der Waals surface area contributed by atoms with Gasteiger partial charge in [0.1, 0.15) is 23.8 Å². The van der Waals surface area contributed by atoms with Gasteiger partial charge in [-0.05, 0) is 61.4 Å². The summed E-state index contributed by atoms with van der Waals surface area (Å²) >= 11 is 0. The molecule has 33 heavy (non-hydrogen) atoms. The summed E-state index contributed by atoms with van der Waals surface area (Å²) in [7, 11) is 0. The first kappa shape index (κ1) is 23.7. The van der Waals surface area contributed by atoms with Crippen LogP contribution in [0.3, 0.4) is 0 Å². The molecule has 2 aromatic carbocycles. The van der Waals surface area contributed by atoms with Gasteiger partial charge in [0.2, 0.25) is 0 Å². The maximum atomic E-state index is 12.6. The molecule has 170 valence electrons. The van der Waals surface area contributed by atoms with Gasteiger partial charge < -0.3 is 14.2 Å². The molecular formula is C25H20F3NO4. The lowest BCUT2D eigenvalue weighted by Crippen LogP contribution is -2.07. The van der Waals surface area contributed by atoms with Crippen molar-refractivity contribution >= 4 is 5.97 Å². The fraction of sp³-hybridized carbons (Fsp3) is 0.200. The zero-order chi connectivity index (χ0) is 24.0. The number of aromatic nitrogens is 1. The van der Waals surface area contributed by atoms with Crippen LogP contribution in [0, 0.1) is 25.7 Å². The third kappa shape index (κ3) is 7.01. The highest BCUT2D eigenvalue weighted by molar-refractivity contribution is 5.69. The predicted molar refractivity (Wildman–Crippen MR) is 115 cm³/mol. The Hall–Kier alpha value is -3.99. The van der Waals surface area contributed by atoms with Crippen molar-refractivity contribution in [2.45, 2.75) is 26.9 Å². The second-order valence-electron chi connectivity index (χ2n) is 7.15. The molecule has 1 aromatic heterocycles. The lowest BCUT2D eigenvalue weighted by molar-refractivity contribution is -0.141. The Bertz CT molecular complexity index is 1210. The van der Waals surface area contributed by atoms with E-state index in [9.17, 15) is 18.0 Å². The number of aryl methyl sites for hydroxylation is 2. The molecule has 3 rings (SSSR count). The zero-order valence-corrected chi connectivity index (χ0v) is 18.1. The van der Waals surface area contributed by atoms with Crippen LogP contribution in [0.25, 0.3) is 0 Å². The van der Waals surface area contributed by atoms with Crippen LogP contribution in [0.1, 0.15) is 29.3 Å². The number of hydrogen-bond donors (Lipinski definition) is 0. The molecule has 0 radical (unpaired) electrons. The summed E-state index contributed by atoms with van der Waals surface area (Å²) in [6.45, 7) is 5.03. The molecule has 0 aliphatic heterocycles. The van der Waals surface area contributed by atoms with Crippen LogP contribution in [0.5, 0.6) is 23.0 Å². The number of rotatable bonds is 5. The summed E-state index contributed by atoms with van der Waals surface area (Å²) < 4.78 is 54.6. The van der Waals surface area contributed by atoms with Gasteiger partial charge in [0.15, 0.2) is 11.5 Å². The van der Waals surface area contributed by atoms with Crippen LogP contribution >= 0.6 is 0 Å². The van der Waals surface area contributed by atoms with E-state index >= 15 is 0 Å². The van der Waals surface area contributed by atoms with Gasteiger partial charge in [-0.2, -0.15) is 13.2 Å². The van der Waals surface area contributed by atoms with Crippen LogP contribution in [0.4, 0.5) is 13.2 Å². The van der Waals surface area contributed by atoms with E-state index in [0.717, 1.165) is 23.4 Å². The van der Waals surface area contributed by atoms with Gasteiger partial charge in [-0.15, -0.1) is 0 Å². The molecule has 3 aromatic rings. The van der Waals surface area contributed by atoms with Crippen molar-refractivity contribution in [3.63, 3.8) is 0 Å². The molecule has 0 aliphatic carbocycles. The minimum atomic E-state index is -4.49. The number of carbonyl (C=O) groups is 1. The number of carbonyl (C=O) groups excluding carboxylic acids is 1. The summed E-state index contributed by atoms with van der Waals surface area (Å²) in [6.07, 6.45) is -3.43. The van der Waals surface area contributed by atoms with Crippen molar-refractivity contribution in [3.05, 3.63) is 77.1 Å². The second-order valence-corrected chi connectivity index (χ2v) is 7.15. The number of nitrogens with zero attached hydrogens (tertiary/aromatic N) is 1. The molecule has 0 atom stereocenters. The van der Waals surface area contributed by atoms with Crippen molar-refractivity contribution < 1.29 is 32.2 Å². The normalized spacial score (nSPS) is 10.7. The van der Waals surface area contributed by atoms with Crippen LogP contribution < -0.4 is 14.2 Å². The van der Waals surface area contributed by atoms with Crippen molar-refractivity contribution in [2.75, 3.05) is 6.61 Å². The van der Waals surface area contributed by atoms with Crippen LogP contribution in [-0.2, 0) is 11.0 Å². The topological polar surface area (TPSA) is 57.7 Å². The first-order chi connectivity index (χ1) is 15.6. The number of benzene rings is 2. The standard InChI is InChI=1S/C25H20F3NO4/c1-16-6-8-22(33-21-12-17(2)11-20(14-21)32-18(3)30)23(13-16)31-10-4-5-19-7-9-24(29-15-19)25(26,27)28/h6-9,11-15H,10H2,1-3H3. The van der Waals surface area contributed by atoms with Gasteiger partial charge in [0.05, 0.1) is 0 Å². The number of alkyl halides is 3. The summed E-state index contributed by atoms with van der Waals surface area (Å²) in [6, 6.07) is 12.6. The minimum Gasteiger partial charge on any atom is -0.477 e. The van der Waals surface area contributed by atoms with E-state index in [0.29, 0.717) is 28.6 Å². The monoisotopic (exact) mass is 455 g/mol. The van der Waals surface area contributed by atoms with Crippen LogP contribution in [0.2, 0.25) is 0 Å². The average molecular weight is 455 g/mol. The highest BCUT2D eigenvalue weighted by atomic mass is 19.4. The molecule has 0 spiro atoms. The largest absolute Gasteiger partial charge is 0.477 e. The lowest BCUT2D eigenvalue weighted by atomic mass is 10.2. The Morgan fingerprint density at radius 1 is 0.970 bits per heavy atom. The Kier molecular flexibility index (Phi) is 7.23. The van der Waals surface area contributed by atoms with Gasteiger partial charge in [-0.25, -0.2) is 0 Å². The SMILES string of the molecule is CC(=O)Oc1cc(C)cc(Oc2ccc(C)cc2OCC#Cc2ccc(C(F)(F)F)nc2)c1. The highest BCUT2D eigenvalue weighted by Gasteiger charge is 2.31. The molecular weight excluding hydrogens is 435 g/mol.